The third kappa shape index (κ3) is 2.87. The molecule has 0 unspecified atom stereocenters. The molecule has 0 amide bonds. The lowest BCUT2D eigenvalue weighted by atomic mass is 10.1. The van der Waals surface area contributed by atoms with Gasteiger partial charge in [-0.15, -0.1) is 11.3 Å². The van der Waals surface area contributed by atoms with Crippen LogP contribution in [0.1, 0.15) is 31.5 Å². The molecular formula is C14H20N4S. The number of nitrogens with zero attached hydrogens (tertiary/aromatic N) is 3. The lowest BCUT2D eigenvalue weighted by Crippen LogP contribution is -2.25. The fraction of sp³-hybridized carbons (Fsp3) is 0.571. The van der Waals surface area contributed by atoms with Crippen LogP contribution in [0.2, 0.25) is 0 Å². The van der Waals surface area contributed by atoms with Crippen molar-refractivity contribution in [3.05, 3.63) is 17.3 Å². The highest BCUT2D eigenvalue weighted by molar-refractivity contribution is 7.16. The van der Waals surface area contributed by atoms with Crippen LogP contribution in [0.3, 0.4) is 0 Å². The minimum absolute atomic E-state index is 0.607. The van der Waals surface area contributed by atoms with Crippen molar-refractivity contribution in [2.24, 2.45) is 5.92 Å². The fourth-order valence-corrected chi connectivity index (χ4v) is 3.73. The van der Waals surface area contributed by atoms with Gasteiger partial charge in [-0.05, 0) is 37.3 Å². The highest BCUT2D eigenvalue weighted by Gasteiger charge is 2.17. The minimum atomic E-state index is 0.607. The number of hydrogen-bond donors (Lipinski definition) is 1. The Kier molecular flexibility index (Phi) is 3.66. The molecule has 1 aliphatic carbocycles. The Morgan fingerprint density at radius 2 is 2.16 bits per heavy atom. The first-order valence-corrected chi connectivity index (χ1v) is 7.78. The number of thiophene rings is 1. The summed E-state index contributed by atoms with van der Waals surface area (Å²) in [5.74, 6) is 2.30. The average molecular weight is 276 g/mol. The van der Waals surface area contributed by atoms with Crippen molar-refractivity contribution in [1.29, 1.82) is 0 Å². The topological polar surface area (TPSA) is 55.0 Å². The number of rotatable bonds is 4. The summed E-state index contributed by atoms with van der Waals surface area (Å²) in [6.07, 6.45) is 5.53. The van der Waals surface area contributed by atoms with E-state index in [4.69, 9.17) is 5.73 Å². The summed E-state index contributed by atoms with van der Waals surface area (Å²) in [5, 5.41) is 2.99. The van der Waals surface area contributed by atoms with Crippen LogP contribution < -0.4 is 5.73 Å². The normalized spacial score (nSPS) is 16.7. The average Bonchev–Trinajstić information content (AvgIpc) is 2.99. The van der Waals surface area contributed by atoms with Crippen molar-refractivity contribution >= 4 is 27.4 Å². The summed E-state index contributed by atoms with van der Waals surface area (Å²) >= 11 is 1.63. The largest absolute Gasteiger partial charge is 0.383 e. The van der Waals surface area contributed by atoms with Gasteiger partial charge in [0.25, 0.3) is 0 Å². The number of anilines is 1. The molecule has 0 radical (unpaired) electrons. The molecular weight excluding hydrogens is 256 g/mol. The fourth-order valence-electron chi connectivity index (χ4n) is 2.93. The summed E-state index contributed by atoms with van der Waals surface area (Å²) in [4.78, 5) is 12.3. The van der Waals surface area contributed by atoms with E-state index in [2.05, 4.69) is 21.9 Å². The molecule has 19 heavy (non-hydrogen) atoms. The molecule has 102 valence electrons. The highest BCUT2D eigenvalue weighted by Crippen LogP contribution is 2.26. The molecule has 1 fully saturated rings. The Hall–Kier alpha value is -1.20. The van der Waals surface area contributed by atoms with E-state index in [-0.39, 0.29) is 0 Å². The number of fused-ring (bicyclic) bond motifs is 1. The second-order valence-electron chi connectivity index (χ2n) is 5.51. The van der Waals surface area contributed by atoms with Gasteiger partial charge in [0.1, 0.15) is 16.5 Å². The lowest BCUT2D eigenvalue weighted by Gasteiger charge is -2.19. The van der Waals surface area contributed by atoms with Crippen LogP contribution in [0.25, 0.3) is 10.2 Å². The van der Waals surface area contributed by atoms with E-state index >= 15 is 0 Å². The highest BCUT2D eigenvalue weighted by atomic mass is 32.1. The number of nitrogen functional groups attached to an aromatic ring is 1. The standard InChI is InChI=1S/C14H20N4S/c1-18(8-10-4-2-3-5-10)9-12-16-13(15)11-6-7-19-14(11)17-12/h6-7,10H,2-5,8-9H2,1H3,(H2,15,16,17). The van der Waals surface area contributed by atoms with Crippen LogP contribution in [0.4, 0.5) is 5.82 Å². The quantitative estimate of drug-likeness (QED) is 0.933. The van der Waals surface area contributed by atoms with Gasteiger partial charge in [-0.25, -0.2) is 9.97 Å². The number of hydrogen-bond acceptors (Lipinski definition) is 5. The monoisotopic (exact) mass is 276 g/mol. The Balaban J connectivity index is 1.69. The van der Waals surface area contributed by atoms with Gasteiger partial charge >= 0.3 is 0 Å². The summed E-state index contributed by atoms with van der Waals surface area (Å²) in [6, 6.07) is 1.99. The van der Waals surface area contributed by atoms with Gasteiger partial charge in [0, 0.05) is 6.54 Å². The first kappa shape index (κ1) is 12.8. The molecule has 0 atom stereocenters. The van der Waals surface area contributed by atoms with Crippen LogP contribution in [-0.2, 0) is 6.54 Å². The Morgan fingerprint density at radius 3 is 2.95 bits per heavy atom. The zero-order valence-corrected chi connectivity index (χ0v) is 12.1. The minimum Gasteiger partial charge on any atom is -0.383 e. The van der Waals surface area contributed by atoms with Crippen molar-refractivity contribution in [1.82, 2.24) is 14.9 Å². The van der Waals surface area contributed by atoms with E-state index in [1.165, 1.54) is 25.7 Å². The van der Waals surface area contributed by atoms with Crippen LogP contribution in [0.5, 0.6) is 0 Å². The van der Waals surface area contributed by atoms with E-state index in [0.29, 0.717) is 5.82 Å². The molecule has 2 heterocycles. The predicted molar refractivity (Wildman–Crippen MR) is 80.1 cm³/mol. The van der Waals surface area contributed by atoms with Crippen molar-refractivity contribution < 1.29 is 0 Å². The maximum absolute atomic E-state index is 5.98. The molecule has 1 aliphatic rings. The molecule has 3 rings (SSSR count). The van der Waals surface area contributed by atoms with Crippen LogP contribution in [0.15, 0.2) is 11.4 Å². The van der Waals surface area contributed by atoms with Gasteiger partial charge in [-0.3, -0.25) is 4.90 Å². The SMILES string of the molecule is CN(Cc1nc(N)c2ccsc2n1)CC1CCCC1. The van der Waals surface area contributed by atoms with Gasteiger partial charge in [0.15, 0.2) is 0 Å². The summed E-state index contributed by atoms with van der Waals surface area (Å²) in [5.41, 5.74) is 5.98. The molecule has 2 aromatic rings. The first-order valence-electron chi connectivity index (χ1n) is 6.90. The molecule has 1 saturated carbocycles. The van der Waals surface area contributed by atoms with E-state index in [1.807, 2.05) is 11.4 Å². The van der Waals surface area contributed by atoms with E-state index in [0.717, 1.165) is 35.0 Å². The molecule has 4 nitrogen and oxygen atoms in total. The third-order valence-corrected chi connectivity index (χ3v) is 4.66. The maximum atomic E-state index is 5.98. The van der Waals surface area contributed by atoms with Crippen molar-refractivity contribution in [3.63, 3.8) is 0 Å². The molecule has 0 aliphatic heterocycles. The predicted octanol–water partition coefficient (Wildman–Crippen LogP) is 2.90. The number of aromatic nitrogens is 2. The Bertz CT molecular complexity index is 560. The van der Waals surface area contributed by atoms with Crippen LogP contribution in [-0.4, -0.2) is 28.5 Å². The van der Waals surface area contributed by atoms with Gasteiger partial charge in [-0.2, -0.15) is 0 Å². The van der Waals surface area contributed by atoms with Crippen LogP contribution in [0, 0.1) is 5.92 Å². The molecule has 5 heteroatoms. The Morgan fingerprint density at radius 1 is 1.37 bits per heavy atom. The van der Waals surface area contributed by atoms with Gasteiger partial charge in [-0.1, -0.05) is 12.8 Å². The zero-order chi connectivity index (χ0) is 13.2. The number of nitrogens with two attached hydrogens (primary N) is 1. The second kappa shape index (κ2) is 5.43. The molecule has 0 spiro atoms. The van der Waals surface area contributed by atoms with Crippen LogP contribution >= 0.6 is 11.3 Å². The van der Waals surface area contributed by atoms with Crippen molar-refractivity contribution in [3.8, 4) is 0 Å². The van der Waals surface area contributed by atoms with Gasteiger partial charge in [0.2, 0.25) is 0 Å². The second-order valence-corrected chi connectivity index (χ2v) is 6.41. The summed E-state index contributed by atoms with van der Waals surface area (Å²) in [7, 11) is 2.15. The summed E-state index contributed by atoms with van der Waals surface area (Å²) < 4.78 is 0. The molecule has 0 saturated heterocycles. The van der Waals surface area contributed by atoms with E-state index in [1.54, 1.807) is 11.3 Å². The molecule has 0 bridgehead atoms. The molecule has 2 aromatic heterocycles. The molecule has 0 aromatic carbocycles. The van der Waals surface area contributed by atoms with E-state index in [9.17, 15) is 0 Å². The lowest BCUT2D eigenvalue weighted by molar-refractivity contribution is 0.266. The first-order chi connectivity index (χ1) is 9.22. The Labute approximate surface area is 117 Å². The van der Waals surface area contributed by atoms with E-state index < -0.39 is 0 Å². The van der Waals surface area contributed by atoms with Gasteiger partial charge < -0.3 is 5.73 Å². The zero-order valence-electron chi connectivity index (χ0n) is 11.3. The van der Waals surface area contributed by atoms with Crippen molar-refractivity contribution in [2.75, 3.05) is 19.3 Å². The summed E-state index contributed by atoms with van der Waals surface area (Å²) in [6.45, 7) is 1.93. The smallest absolute Gasteiger partial charge is 0.146 e. The molecule has 2 N–H and O–H groups in total. The van der Waals surface area contributed by atoms with Gasteiger partial charge in [0.05, 0.1) is 11.9 Å². The third-order valence-electron chi connectivity index (χ3n) is 3.86. The maximum Gasteiger partial charge on any atom is 0.146 e. The van der Waals surface area contributed by atoms with Crippen molar-refractivity contribution in [2.45, 2.75) is 32.2 Å².